The van der Waals surface area contributed by atoms with Crippen molar-refractivity contribution in [1.29, 1.82) is 0 Å². The Bertz CT molecular complexity index is 4470. The third kappa shape index (κ3) is 5.42. The van der Waals surface area contributed by atoms with E-state index in [2.05, 4.69) is 266 Å². The number of rotatable bonds is 5. The highest BCUT2D eigenvalue weighted by atomic mass is 32.1. The average Bonchev–Trinajstić information content (AvgIpc) is 4.21. The van der Waals surface area contributed by atoms with Crippen molar-refractivity contribution in [2.75, 3.05) is 4.90 Å². The van der Waals surface area contributed by atoms with E-state index in [-0.39, 0.29) is 5.41 Å². The molecule has 0 saturated carbocycles. The minimum Gasteiger partial charge on any atom is -0.310 e. The van der Waals surface area contributed by atoms with Gasteiger partial charge in [-0.25, -0.2) is 0 Å². The Morgan fingerprint density at radius 2 is 0.986 bits per heavy atom. The molecule has 16 rings (SSSR count). The highest BCUT2D eigenvalue weighted by molar-refractivity contribution is 7.25. The fourth-order valence-electron chi connectivity index (χ4n) is 13.7. The van der Waals surface area contributed by atoms with Crippen LogP contribution < -0.4 is 4.90 Å². The quantitative estimate of drug-likeness (QED) is 0.167. The van der Waals surface area contributed by atoms with Gasteiger partial charge in [-0.2, -0.15) is 0 Å². The molecule has 2 heterocycles. The van der Waals surface area contributed by atoms with E-state index < -0.39 is 5.41 Å². The molecule has 0 radical (unpaired) electrons. The van der Waals surface area contributed by atoms with Crippen LogP contribution in [0.1, 0.15) is 47.2 Å². The summed E-state index contributed by atoms with van der Waals surface area (Å²) in [6.07, 6.45) is 0. The maximum absolute atomic E-state index is 2.55. The lowest BCUT2D eigenvalue weighted by Crippen LogP contribution is -2.26. The summed E-state index contributed by atoms with van der Waals surface area (Å²) in [4.78, 5) is 2.55. The monoisotopic (exact) mass is 946 g/mol. The van der Waals surface area contributed by atoms with Gasteiger partial charge in [-0.1, -0.05) is 184 Å². The van der Waals surface area contributed by atoms with Gasteiger partial charge in [-0.05, 0) is 145 Å². The van der Waals surface area contributed by atoms with Crippen LogP contribution in [0.4, 0.5) is 17.1 Å². The second-order valence-corrected chi connectivity index (χ2v) is 21.8. The molecule has 0 N–H and O–H groups in total. The number of hydrogen-bond donors (Lipinski definition) is 0. The SMILES string of the molecule is CC1(C)c2ccccc2-c2ccc(N(c3ccc(-c4ccc5c(c4)c4ccccc4n5-c4ccccc4)cc3)c3cccc4c3-c3ccccc3C43c4ccccc4-c4ccc5sc6ccccc6c5c43)cc21. The molecule has 3 aliphatic rings. The molecule has 1 atom stereocenters. The van der Waals surface area contributed by atoms with Crippen LogP contribution in [0.3, 0.4) is 0 Å². The topological polar surface area (TPSA) is 8.17 Å². The molecule has 0 saturated heterocycles. The third-order valence-electron chi connectivity index (χ3n) is 16.8. The van der Waals surface area contributed by atoms with Crippen LogP contribution in [0.25, 0.3) is 92.2 Å². The molecule has 2 aromatic heterocycles. The molecule has 1 spiro atoms. The van der Waals surface area contributed by atoms with Crippen LogP contribution in [0.5, 0.6) is 0 Å². The van der Waals surface area contributed by atoms with Crippen LogP contribution >= 0.6 is 11.3 Å². The Labute approximate surface area is 428 Å². The van der Waals surface area contributed by atoms with Gasteiger partial charge in [0.25, 0.3) is 0 Å². The van der Waals surface area contributed by atoms with Crippen molar-refractivity contribution in [3.05, 3.63) is 276 Å². The number of fused-ring (bicyclic) bond motifs is 20. The summed E-state index contributed by atoms with van der Waals surface area (Å²) < 4.78 is 5.05. The lowest BCUT2D eigenvalue weighted by molar-refractivity contribution is 0.660. The molecular weight excluding hydrogens is 901 g/mol. The maximum atomic E-state index is 2.55. The summed E-state index contributed by atoms with van der Waals surface area (Å²) in [5.74, 6) is 0. The first-order valence-corrected chi connectivity index (χ1v) is 26.3. The van der Waals surface area contributed by atoms with E-state index in [1.807, 2.05) is 11.3 Å². The van der Waals surface area contributed by atoms with Crippen LogP contribution in [-0.4, -0.2) is 4.57 Å². The predicted octanol–water partition coefficient (Wildman–Crippen LogP) is 18.9. The third-order valence-corrected chi connectivity index (χ3v) is 17.9. The van der Waals surface area contributed by atoms with Crippen LogP contribution in [0.2, 0.25) is 0 Å². The number of aromatic nitrogens is 1. The molecule has 342 valence electrons. The van der Waals surface area contributed by atoms with E-state index in [1.165, 1.54) is 131 Å². The van der Waals surface area contributed by atoms with E-state index in [9.17, 15) is 0 Å². The Balaban J connectivity index is 0.926. The molecule has 3 heteroatoms. The van der Waals surface area contributed by atoms with E-state index in [0.717, 1.165) is 11.4 Å². The smallest absolute Gasteiger partial charge is 0.0732 e. The maximum Gasteiger partial charge on any atom is 0.0732 e. The van der Waals surface area contributed by atoms with Crippen molar-refractivity contribution in [1.82, 2.24) is 4.57 Å². The van der Waals surface area contributed by atoms with Crippen LogP contribution in [0.15, 0.2) is 243 Å². The summed E-state index contributed by atoms with van der Waals surface area (Å²) in [6.45, 7) is 4.78. The van der Waals surface area contributed by atoms with Gasteiger partial charge in [0.15, 0.2) is 0 Å². The summed E-state index contributed by atoms with van der Waals surface area (Å²) in [5.41, 5.74) is 24.7. The predicted molar refractivity (Wildman–Crippen MR) is 308 cm³/mol. The fraction of sp³-hybridized carbons (Fsp3) is 0.0571. The van der Waals surface area contributed by atoms with Gasteiger partial charge in [0, 0.05) is 59.0 Å². The molecule has 11 aromatic carbocycles. The van der Waals surface area contributed by atoms with E-state index in [4.69, 9.17) is 0 Å². The van der Waals surface area contributed by atoms with Gasteiger partial charge < -0.3 is 9.47 Å². The second-order valence-electron chi connectivity index (χ2n) is 20.7. The number of hydrogen-bond acceptors (Lipinski definition) is 2. The van der Waals surface area contributed by atoms with Crippen LogP contribution in [0, 0.1) is 0 Å². The normalized spacial score (nSPS) is 15.4. The number of anilines is 3. The molecule has 0 amide bonds. The zero-order valence-corrected chi connectivity index (χ0v) is 41.2. The van der Waals surface area contributed by atoms with Crippen molar-refractivity contribution in [3.63, 3.8) is 0 Å². The number of nitrogens with zero attached hydrogens (tertiary/aromatic N) is 2. The number of thiophene rings is 1. The van der Waals surface area contributed by atoms with Gasteiger partial charge in [-0.3, -0.25) is 0 Å². The Morgan fingerprint density at radius 3 is 1.81 bits per heavy atom. The molecular formula is C70H46N2S. The first kappa shape index (κ1) is 40.9. The van der Waals surface area contributed by atoms with Gasteiger partial charge in [-0.15, -0.1) is 11.3 Å². The standard InChI is InChI=1S/C70H46N2S/c1-69(2)56-24-11-6-19-48(56)50-37-36-47(42-60(50)69)71(46-34-31-43(32-35-46)44-33-39-62-55(41-44)51-21-9-14-28-61(51)72(62)45-17-4-3-5-18-45)63-29-16-27-59-66(63)53-22-8-13-26-58(53)70(59)57-25-12-7-20-49(57)52-38-40-65-67(68(52)70)54-23-10-15-30-64(54)73-65/h3-42H,1-2H3. The minimum atomic E-state index is -0.531. The van der Waals surface area contributed by atoms with E-state index in [1.54, 1.807) is 0 Å². The second kappa shape index (κ2) is 14.9. The summed E-state index contributed by atoms with van der Waals surface area (Å²) in [6, 6.07) is 91.4. The van der Waals surface area contributed by atoms with Gasteiger partial charge >= 0.3 is 0 Å². The first-order valence-electron chi connectivity index (χ1n) is 25.5. The fourth-order valence-corrected chi connectivity index (χ4v) is 14.8. The summed E-state index contributed by atoms with van der Waals surface area (Å²) in [7, 11) is 0. The Morgan fingerprint density at radius 1 is 0.384 bits per heavy atom. The molecule has 0 fully saturated rings. The molecule has 73 heavy (non-hydrogen) atoms. The molecule has 13 aromatic rings. The first-order chi connectivity index (χ1) is 36.0. The van der Waals surface area contributed by atoms with Gasteiger partial charge in [0.1, 0.15) is 0 Å². The van der Waals surface area contributed by atoms with Crippen molar-refractivity contribution in [2.45, 2.75) is 24.7 Å². The molecule has 2 nitrogen and oxygen atoms in total. The van der Waals surface area contributed by atoms with Crippen molar-refractivity contribution in [2.24, 2.45) is 0 Å². The van der Waals surface area contributed by atoms with E-state index >= 15 is 0 Å². The highest BCUT2D eigenvalue weighted by Gasteiger charge is 2.53. The zero-order valence-electron chi connectivity index (χ0n) is 40.4. The number of para-hydroxylation sites is 2. The Hall–Kier alpha value is -8.76. The highest BCUT2D eigenvalue weighted by Crippen LogP contribution is 2.67. The van der Waals surface area contributed by atoms with Gasteiger partial charge in [0.05, 0.1) is 22.1 Å². The molecule has 1 unspecified atom stereocenters. The Kier molecular flexibility index (Phi) is 8.35. The lowest BCUT2D eigenvalue weighted by Gasteiger charge is -2.32. The zero-order chi connectivity index (χ0) is 48.2. The molecule has 0 bridgehead atoms. The van der Waals surface area contributed by atoms with Gasteiger partial charge in [0.2, 0.25) is 0 Å². The van der Waals surface area contributed by atoms with Crippen molar-refractivity contribution < 1.29 is 0 Å². The number of benzene rings is 11. The summed E-state index contributed by atoms with van der Waals surface area (Å²) in [5, 5.41) is 5.21. The molecule has 3 aliphatic carbocycles. The molecule has 0 aliphatic heterocycles. The average molecular weight is 947 g/mol. The lowest BCUT2D eigenvalue weighted by atomic mass is 9.69. The van der Waals surface area contributed by atoms with Crippen LogP contribution in [-0.2, 0) is 10.8 Å². The largest absolute Gasteiger partial charge is 0.310 e. The summed E-state index contributed by atoms with van der Waals surface area (Å²) >= 11 is 1.91. The minimum absolute atomic E-state index is 0.166. The van der Waals surface area contributed by atoms with Crippen molar-refractivity contribution >= 4 is 70.4 Å². The van der Waals surface area contributed by atoms with Crippen molar-refractivity contribution in [3.8, 4) is 50.2 Å². The van der Waals surface area contributed by atoms with E-state index in [0.29, 0.717) is 0 Å².